The van der Waals surface area contributed by atoms with Crippen LogP contribution in [0.3, 0.4) is 0 Å². The molecule has 0 N–H and O–H groups in total. The average molecular weight is 405 g/mol. The van der Waals surface area contributed by atoms with E-state index in [0.717, 1.165) is 16.5 Å². The van der Waals surface area contributed by atoms with Crippen molar-refractivity contribution in [1.29, 1.82) is 10.5 Å². The minimum Gasteiger partial charge on any atom is -0.346 e. The summed E-state index contributed by atoms with van der Waals surface area (Å²) in [7, 11) is 0. The lowest BCUT2D eigenvalue weighted by Crippen LogP contribution is -2.38. The van der Waals surface area contributed by atoms with Gasteiger partial charge in [-0.2, -0.15) is 10.5 Å². The highest BCUT2D eigenvalue weighted by Crippen LogP contribution is 2.39. The molecular formula is C22H17ClN4S. The predicted octanol–water partition coefficient (Wildman–Crippen LogP) is 4.83. The lowest BCUT2D eigenvalue weighted by molar-refractivity contribution is 0.572. The van der Waals surface area contributed by atoms with Gasteiger partial charge < -0.3 is 4.90 Å². The summed E-state index contributed by atoms with van der Waals surface area (Å²) in [5.41, 5.74) is 2.11. The third kappa shape index (κ3) is 3.52. The number of hydrogen-bond acceptors (Lipinski definition) is 5. The molecule has 28 heavy (non-hydrogen) atoms. The molecule has 0 unspecified atom stereocenters. The number of nitrogens with zero attached hydrogens (tertiary/aromatic N) is 4. The van der Waals surface area contributed by atoms with Gasteiger partial charge in [0.15, 0.2) is 0 Å². The second-order valence-corrected chi connectivity index (χ2v) is 8.13. The highest BCUT2D eigenvalue weighted by Gasteiger charge is 2.49. The normalized spacial score (nSPS) is 25.5. The monoisotopic (exact) mass is 404 g/mol. The molecule has 1 saturated heterocycles. The van der Waals surface area contributed by atoms with E-state index in [1.54, 1.807) is 23.9 Å². The summed E-state index contributed by atoms with van der Waals surface area (Å²) < 4.78 is 0. The van der Waals surface area contributed by atoms with Crippen molar-refractivity contribution in [2.24, 2.45) is 10.9 Å². The van der Waals surface area contributed by atoms with Crippen LogP contribution < -0.4 is 4.90 Å². The minimum atomic E-state index is -0.548. The Labute approximate surface area is 173 Å². The smallest absolute Gasteiger partial charge is 0.135 e. The molecule has 138 valence electrons. The minimum absolute atomic E-state index is 0.114. The Balaban J connectivity index is 1.60. The molecule has 0 radical (unpaired) electrons. The van der Waals surface area contributed by atoms with Crippen molar-refractivity contribution in [3.8, 4) is 12.1 Å². The predicted molar refractivity (Wildman–Crippen MR) is 114 cm³/mol. The molecule has 2 aliphatic rings. The molecule has 0 bridgehead atoms. The van der Waals surface area contributed by atoms with E-state index in [-0.39, 0.29) is 12.1 Å². The van der Waals surface area contributed by atoms with Gasteiger partial charge in [-0.1, -0.05) is 48.0 Å². The maximum Gasteiger partial charge on any atom is 0.135 e. The fourth-order valence-electron chi connectivity index (χ4n) is 3.71. The summed E-state index contributed by atoms with van der Waals surface area (Å²) in [6.07, 6.45) is 4.08. The van der Waals surface area contributed by atoms with Gasteiger partial charge in [0, 0.05) is 16.5 Å². The Hall–Kier alpha value is -2.73. The Morgan fingerprint density at radius 1 is 1.04 bits per heavy atom. The largest absolute Gasteiger partial charge is 0.346 e. The molecule has 4 nitrogen and oxygen atoms in total. The van der Waals surface area contributed by atoms with E-state index in [9.17, 15) is 10.5 Å². The van der Waals surface area contributed by atoms with Crippen LogP contribution in [0.5, 0.6) is 0 Å². The molecule has 2 heterocycles. The molecule has 4 atom stereocenters. The van der Waals surface area contributed by atoms with E-state index in [1.807, 2.05) is 41.3 Å². The number of benzene rings is 2. The first kappa shape index (κ1) is 18.6. The molecule has 0 amide bonds. The van der Waals surface area contributed by atoms with Crippen LogP contribution in [-0.2, 0) is 5.75 Å². The fraction of sp³-hybridized carbons (Fsp3) is 0.227. The number of hydrogen-bond donors (Lipinski definition) is 0. The number of halogens is 1. The topological polar surface area (TPSA) is 63.2 Å². The molecular weight excluding hydrogens is 388 g/mol. The molecule has 0 saturated carbocycles. The van der Waals surface area contributed by atoms with E-state index in [2.05, 4.69) is 30.3 Å². The Morgan fingerprint density at radius 2 is 1.79 bits per heavy atom. The van der Waals surface area contributed by atoms with Gasteiger partial charge in [0.2, 0.25) is 0 Å². The summed E-state index contributed by atoms with van der Waals surface area (Å²) in [5, 5.41) is 21.1. The highest BCUT2D eigenvalue weighted by molar-refractivity contribution is 8.13. The van der Waals surface area contributed by atoms with E-state index >= 15 is 0 Å². The van der Waals surface area contributed by atoms with Crippen LogP contribution in [0.25, 0.3) is 0 Å². The molecule has 0 aliphatic carbocycles. The third-order valence-electron chi connectivity index (χ3n) is 5.03. The molecule has 1 fully saturated rings. The van der Waals surface area contributed by atoms with E-state index in [4.69, 9.17) is 16.6 Å². The lowest BCUT2D eigenvalue weighted by Gasteiger charge is -2.29. The van der Waals surface area contributed by atoms with Crippen molar-refractivity contribution in [1.82, 2.24) is 0 Å². The number of nitriles is 2. The maximum atomic E-state index is 9.77. The zero-order valence-electron chi connectivity index (χ0n) is 14.9. The number of fused-ring (bicyclic) bond motifs is 1. The molecule has 4 rings (SSSR count). The zero-order chi connectivity index (χ0) is 19.5. The van der Waals surface area contributed by atoms with Crippen LogP contribution in [0, 0.1) is 28.6 Å². The van der Waals surface area contributed by atoms with Crippen molar-refractivity contribution in [3.63, 3.8) is 0 Å². The van der Waals surface area contributed by atoms with Crippen LogP contribution in [0.4, 0.5) is 5.69 Å². The summed E-state index contributed by atoms with van der Waals surface area (Å²) in [6.45, 7) is 0. The maximum absolute atomic E-state index is 9.77. The summed E-state index contributed by atoms with van der Waals surface area (Å²) in [5.74, 6) is 0.337. The molecule has 6 heteroatoms. The highest BCUT2D eigenvalue weighted by atomic mass is 35.5. The van der Waals surface area contributed by atoms with Crippen LogP contribution in [0.2, 0.25) is 5.02 Å². The van der Waals surface area contributed by atoms with E-state index in [1.165, 1.54) is 5.56 Å². The molecule has 2 aromatic carbocycles. The van der Waals surface area contributed by atoms with Gasteiger partial charge in [-0.15, -0.1) is 11.8 Å². The van der Waals surface area contributed by atoms with Gasteiger partial charge in [-0.25, -0.2) is 0 Å². The molecule has 2 aliphatic heterocycles. The first-order chi connectivity index (χ1) is 13.7. The van der Waals surface area contributed by atoms with Gasteiger partial charge >= 0.3 is 0 Å². The van der Waals surface area contributed by atoms with Crippen molar-refractivity contribution in [2.45, 2.75) is 23.9 Å². The first-order valence-electron chi connectivity index (χ1n) is 8.97. The van der Waals surface area contributed by atoms with Crippen molar-refractivity contribution >= 4 is 34.1 Å². The van der Waals surface area contributed by atoms with E-state index in [0.29, 0.717) is 5.02 Å². The van der Waals surface area contributed by atoms with Crippen LogP contribution >= 0.6 is 23.4 Å². The van der Waals surface area contributed by atoms with Gasteiger partial charge in [-0.3, -0.25) is 4.99 Å². The summed E-state index contributed by atoms with van der Waals surface area (Å²) >= 11 is 7.67. The van der Waals surface area contributed by atoms with Crippen LogP contribution in [0.1, 0.15) is 5.56 Å². The number of rotatable bonds is 3. The van der Waals surface area contributed by atoms with Gasteiger partial charge in [0.25, 0.3) is 0 Å². The van der Waals surface area contributed by atoms with Gasteiger partial charge in [-0.05, 0) is 35.9 Å². The first-order valence-corrected chi connectivity index (χ1v) is 10.3. The standard InChI is InChI=1S/C22H17ClN4S/c23-16-6-8-17(9-7-16)27-19-10-11-21(28-14-15-4-2-1-3-5-15)26-22(19)18(12-24)20(27)13-25/h1-11,18-20,22H,14H2/t18-,19-,20-,22-/m0/s1. The zero-order valence-corrected chi connectivity index (χ0v) is 16.5. The summed E-state index contributed by atoms with van der Waals surface area (Å²) in [4.78, 5) is 6.85. The van der Waals surface area contributed by atoms with Gasteiger partial charge in [0.05, 0.1) is 29.3 Å². The number of aliphatic imine (C=N–C) groups is 1. The van der Waals surface area contributed by atoms with Crippen molar-refractivity contribution in [2.75, 3.05) is 4.90 Å². The second-order valence-electron chi connectivity index (χ2n) is 6.69. The molecule has 0 aromatic heterocycles. The lowest BCUT2D eigenvalue weighted by atomic mass is 9.95. The van der Waals surface area contributed by atoms with Crippen molar-refractivity contribution < 1.29 is 0 Å². The average Bonchev–Trinajstić information content (AvgIpc) is 3.06. The fourth-order valence-corrected chi connectivity index (χ4v) is 4.71. The quantitative estimate of drug-likeness (QED) is 0.734. The molecule has 2 aromatic rings. The Kier molecular flexibility index (Phi) is 5.39. The molecule has 0 spiro atoms. The Bertz CT molecular complexity index is 988. The number of anilines is 1. The number of dihydropyridines is 1. The van der Waals surface area contributed by atoms with E-state index < -0.39 is 12.0 Å². The SMILES string of the molecule is N#C[C@@H]1[C@@H]2N=C(SCc3ccccc3)C=C[C@@H]2N(c2ccc(Cl)cc2)[C@H]1C#N. The second kappa shape index (κ2) is 8.10. The summed E-state index contributed by atoms with van der Waals surface area (Å²) in [6, 6.07) is 21.3. The van der Waals surface area contributed by atoms with Crippen LogP contribution in [-0.4, -0.2) is 23.2 Å². The Morgan fingerprint density at radius 3 is 2.46 bits per heavy atom. The van der Waals surface area contributed by atoms with Crippen molar-refractivity contribution in [3.05, 3.63) is 77.3 Å². The third-order valence-corrected chi connectivity index (χ3v) is 6.29. The number of thioether (sulfide) groups is 1. The van der Waals surface area contributed by atoms with Crippen LogP contribution in [0.15, 0.2) is 71.7 Å². The van der Waals surface area contributed by atoms with Gasteiger partial charge in [0.1, 0.15) is 12.0 Å².